The zero-order chi connectivity index (χ0) is 9.30. The van der Waals surface area contributed by atoms with Gasteiger partial charge in [-0.05, 0) is 9.85 Å². The van der Waals surface area contributed by atoms with Crippen LogP contribution in [0, 0.1) is 20.2 Å². The Morgan fingerprint density at radius 2 is 2.00 bits per heavy atom. The van der Waals surface area contributed by atoms with Crippen LogP contribution in [0.15, 0.2) is 6.07 Å². The highest BCUT2D eigenvalue weighted by Crippen LogP contribution is 2.15. The van der Waals surface area contributed by atoms with Crippen molar-refractivity contribution in [1.29, 1.82) is 0 Å². The number of hydrogen-bond donors (Lipinski definition) is 1. The molecule has 0 aliphatic heterocycles. The molecule has 1 aromatic rings. The Hall–Kier alpha value is -2.19. The second kappa shape index (κ2) is 2.45. The molecule has 0 bridgehead atoms. The van der Waals surface area contributed by atoms with Gasteiger partial charge in [-0.2, -0.15) is 0 Å². The van der Waals surface area contributed by atoms with E-state index in [1.807, 2.05) is 0 Å². The Morgan fingerprint density at radius 1 is 1.42 bits per heavy atom. The monoisotopic (exact) mass is 173 g/mol. The highest BCUT2D eigenvalue weighted by Gasteiger charge is 2.25. The SMILES string of the molecule is Nn1nc([N+](=O)[O-])cc1[N+](=O)[O-]. The van der Waals surface area contributed by atoms with Crippen molar-refractivity contribution in [1.82, 2.24) is 9.89 Å². The van der Waals surface area contributed by atoms with E-state index in [2.05, 4.69) is 5.10 Å². The summed E-state index contributed by atoms with van der Waals surface area (Å²) in [6.07, 6.45) is 0. The van der Waals surface area contributed by atoms with E-state index in [0.29, 0.717) is 10.9 Å². The molecular formula is C3H3N5O4. The lowest BCUT2D eigenvalue weighted by Crippen LogP contribution is -2.13. The Bertz CT molecular complexity index is 342. The van der Waals surface area contributed by atoms with Crippen molar-refractivity contribution in [2.75, 3.05) is 5.84 Å². The lowest BCUT2D eigenvalue weighted by molar-refractivity contribution is -0.394. The number of hydrogen-bond acceptors (Lipinski definition) is 6. The Morgan fingerprint density at radius 3 is 2.25 bits per heavy atom. The minimum absolute atomic E-state index is 0.345. The third-order valence-electron chi connectivity index (χ3n) is 1.08. The summed E-state index contributed by atoms with van der Waals surface area (Å²) in [6.45, 7) is 0. The predicted octanol–water partition coefficient (Wildman–Crippen LogP) is -0.587. The van der Waals surface area contributed by atoms with Crippen LogP contribution in [0.2, 0.25) is 0 Å². The highest BCUT2D eigenvalue weighted by atomic mass is 16.6. The van der Waals surface area contributed by atoms with Crippen LogP contribution in [0.1, 0.15) is 0 Å². The maximum Gasteiger partial charge on any atom is 0.423 e. The molecular weight excluding hydrogens is 170 g/mol. The maximum atomic E-state index is 10.1. The molecule has 9 nitrogen and oxygen atoms in total. The summed E-state index contributed by atoms with van der Waals surface area (Å²) in [5.41, 5.74) is 0. The molecule has 0 unspecified atom stereocenters. The van der Waals surface area contributed by atoms with Crippen molar-refractivity contribution < 1.29 is 9.85 Å². The summed E-state index contributed by atoms with van der Waals surface area (Å²) in [7, 11) is 0. The lowest BCUT2D eigenvalue weighted by Gasteiger charge is -1.85. The molecule has 1 heterocycles. The minimum atomic E-state index is -0.865. The van der Waals surface area contributed by atoms with Crippen molar-refractivity contribution in [2.24, 2.45) is 0 Å². The number of nitro groups is 2. The van der Waals surface area contributed by atoms with Gasteiger partial charge in [-0.3, -0.25) is 0 Å². The number of nitrogens with zero attached hydrogens (tertiary/aromatic N) is 4. The van der Waals surface area contributed by atoms with E-state index in [-0.39, 0.29) is 0 Å². The van der Waals surface area contributed by atoms with E-state index in [1.165, 1.54) is 0 Å². The number of nitrogens with two attached hydrogens (primary N) is 1. The lowest BCUT2D eigenvalue weighted by atomic mass is 10.6. The van der Waals surface area contributed by atoms with Gasteiger partial charge in [0.15, 0.2) is 5.10 Å². The van der Waals surface area contributed by atoms with Gasteiger partial charge in [-0.25, -0.2) is 5.84 Å². The number of rotatable bonds is 2. The molecule has 0 spiro atoms. The summed E-state index contributed by atoms with van der Waals surface area (Å²) in [4.78, 5) is 18.8. The summed E-state index contributed by atoms with van der Waals surface area (Å²) >= 11 is 0. The van der Waals surface area contributed by atoms with Gasteiger partial charge in [0.1, 0.15) is 6.07 Å². The van der Waals surface area contributed by atoms with Crippen LogP contribution >= 0.6 is 0 Å². The van der Waals surface area contributed by atoms with Crippen LogP contribution < -0.4 is 5.84 Å². The molecule has 0 aromatic carbocycles. The molecule has 1 aromatic heterocycles. The van der Waals surface area contributed by atoms with E-state index in [4.69, 9.17) is 5.84 Å². The molecule has 9 heteroatoms. The second-order valence-corrected chi connectivity index (χ2v) is 1.82. The predicted molar refractivity (Wildman–Crippen MR) is 35.7 cm³/mol. The summed E-state index contributed by atoms with van der Waals surface area (Å²) in [5.74, 6) is 3.67. The first-order chi connectivity index (χ1) is 5.52. The van der Waals surface area contributed by atoms with E-state index in [0.717, 1.165) is 0 Å². The molecule has 0 radical (unpaired) electrons. The molecule has 0 saturated heterocycles. The van der Waals surface area contributed by atoms with Gasteiger partial charge in [-0.15, -0.1) is 0 Å². The fourth-order valence-corrected chi connectivity index (χ4v) is 0.598. The molecule has 0 fully saturated rings. The third-order valence-corrected chi connectivity index (χ3v) is 1.08. The maximum absolute atomic E-state index is 10.1. The first kappa shape index (κ1) is 7.91. The minimum Gasteiger partial charge on any atom is -0.358 e. The van der Waals surface area contributed by atoms with Crippen molar-refractivity contribution in [2.45, 2.75) is 0 Å². The molecule has 2 N–H and O–H groups in total. The highest BCUT2D eigenvalue weighted by molar-refractivity contribution is 5.31. The topological polar surface area (TPSA) is 130 Å². The summed E-state index contributed by atoms with van der Waals surface area (Å²) in [5, 5.41) is 23.2. The quantitative estimate of drug-likeness (QED) is 0.361. The molecule has 1 rings (SSSR count). The number of nitrogen functional groups attached to an aromatic ring is 1. The van der Waals surface area contributed by atoms with Crippen LogP contribution in [-0.2, 0) is 0 Å². The first-order valence-electron chi connectivity index (χ1n) is 2.66. The van der Waals surface area contributed by atoms with E-state index in [1.54, 1.807) is 0 Å². The van der Waals surface area contributed by atoms with Crippen LogP contribution in [-0.4, -0.2) is 19.7 Å². The van der Waals surface area contributed by atoms with Gasteiger partial charge in [0.2, 0.25) is 0 Å². The van der Waals surface area contributed by atoms with Crippen molar-refractivity contribution in [3.05, 3.63) is 26.3 Å². The smallest absolute Gasteiger partial charge is 0.358 e. The van der Waals surface area contributed by atoms with Crippen molar-refractivity contribution >= 4 is 11.6 Å². The van der Waals surface area contributed by atoms with Gasteiger partial charge in [0, 0.05) is 0 Å². The van der Waals surface area contributed by atoms with Gasteiger partial charge in [0.05, 0.1) is 4.79 Å². The van der Waals surface area contributed by atoms with E-state index >= 15 is 0 Å². The van der Waals surface area contributed by atoms with Crippen LogP contribution in [0.4, 0.5) is 11.6 Å². The third kappa shape index (κ3) is 1.14. The fraction of sp³-hybridized carbons (Fsp3) is 0. The van der Waals surface area contributed by atoms with Crippen LogP contribution in [0.25, 0.3) is 0 Å². The number of aromatic nitrogens is 2. The van der Waals surface area contributed by atoms with Crippen LogP contribution in [0.3, 0.4) is 0 Å². The zero-order valence-electron chi connectivity index (χ0n) is 5.58. The normalized spacial score (nSPS) is 9.67. The van der Waals surface area contributed by atoms with Gasteiger partial charge in [0.25, 0.3) is 0 Å². The molecule has 0 saturated carbocycles. The summed E-state index contributed by atoms with van der Waals surface area (Å²) in [6, 6.07) is 0.681. The van der Waals surface area contributed by atoms with Crippen molar-refractivity contribution in [3.8, 4) is 0 Å². The second-order valence-electron chi connectivity index (χ2n) is 1.82. The Kier molecular flexibility index (Phi) is 1.62. The largest absolute Gasteiger partial charge is 0.423 e. The van der Waals surface area contributed by atoms with Gasteiger partial charge >= 0.3 is 11.6 Å². The van der Waals surface area contributed by atoms with Gasteiger partial charge < -0.3 is 20.2 Å². The average Bonchev–Trinajstić information content (AvgIpc) is 2.30. The molecule has 0 aliphatic rings. The Balaban J connectivity index is 3.17. The van der Waals surface area contributed by atoms with Crippen molar-refractivity contribution in [3.63, 3.8) is 0 Å². The molecule has 0 aliphatic carbocycles. The molecule has 0 amide bonds. The van der Waals surface area contributed by atoms with Crippen LogP contribution in [0.5, 0.6) is 0 Å². The average molecular weight is 173 g/mol. The Labute approximate surface area is 64.7 Å². The zero-order valence-corrected chi connectivity index (χ0v) is 5.58. The molecule has 0 atom stereocenters. The standard InChI is InChI=1S/C3H3N5O4/c4-6-3(8(11)12)1-2(5-6)7(9)10/h1H,4H2. The molecule has 64 valence electrons. The van der Waals surface area contributed by atoms with E-state index < -0.39 is 21.5 Å². The fourth-order valence-electron chi connectivity index (χ4n) is 0.598. The van der Waals surface area contributed by atoms with Gasteiger partial charge in [-0.1, -0.05) is 0 Å². The first-order valence-corrected chi connectivity index (χ1v) is 2.66. The molecule has 12 heavy (non-hydrogen) atoms. The van der Waals surface area contributed by atoms with E-state index in [9.17, 15) is 20.2 Å². The summed E-state index contributed by atoms with van der Waals surface area (Å²) < 4.78 is 0.